The quantitative estimate of drug-likeness (QED) is 0.0886. The van der Waals surface area contributed by atoms with Gasteiger partial charge < -0.3 is 75.0 Å². The standard InChI is InChI=1S/C41H42N2O20/c1-15-28(46)21(43-39(56)59-14-16-6-8-17(9-7-16)42-40(57)63-38-35(53)33(51)34(52)36(62-38)37(54)55)10-24(60-15)61-22-12-41(58,23(45)13-44)11-20-25(22)32(50)27-26(31(20)49)29(47)18-4-2-3-5-19(18)30(27)48/h2-9,15,21-22,24,28,33-36,38,44,46,49-53,58H,10-14H2,1H3,(H,42,57)(H,43,56)(H,54,55). The van der Waals surface area contributed by atoms with Gasteiger partial charge in [-0.05, 0) is 24.6 Å². The minimum Gasteiger partial charge on any atom is -0.507 e. The maximum absolute atomic E-state index is 13.7. The van der Waals surface area contributed by atoms with Gasteiger partial charge in [-0.25, -0.2) is 14.4 Å². The SMILES string of the molecule is CC1OC(OC2CC(O)(C(=O)CO)Cc3c(O)c4c(c(O)c32)C(=O)c2ccccc2C4=O)CC(NC(=O)OCc2ccc(NC(=O)OC3OC(C(=O)O)C(O)C(O)C3O)cc2)C1O. The maximum Gasteiger partial charge on any atom is 0.414 e. The van der Waals surface area contributed by atoms with Crippen LogP contribution < -0.4 is 10.6 Å². The lowest BCUT2D eigenvalue weighted by atomic mass is 9.72. The van der Waals surface area contributed by atoms with E-state index >= 15 is 0 Å². The molecule has 22 heteroatoms. The largest absolute Gasteiger partial charge is 0.507 e. The van der Waals surface area contributed by atoms with Crippen molar-refractivity contribution in [2.24, 2.45) is 0 Å². The smallest absolute Gasteiger partial charge is 0.414 e. The molecule has 11 N–H and O–H groups in total. The van der Waals surface area contributed by atoms with E-state index in [-0.39, 0.29) is 41.0 Å². The summed E-state index contributed by atoms with van der Waals surface area (Å²) in [7, 11) is 0. The van der Waals surface area contributed by atoms with Crippen molar-refractivity contribution in [3.05, 3.63) is 87.5 Å². The molecule has 4 aliphatic rings. The molecule has 7 rings (SSSR count). The Hall–Kier alpha value is -6.08. The highest BCUT2D eigenvalue weighted by atomic mass is 16.7. The van der Waals surface area contributed by atoms with E-state index in [9.17, 15) is 69.6 Å². The number of nitrogens with one attached hydrogen (secondary N) is 2. The van der Waals surface area contributed by atoms with E-state index in [1.54, 1.807) is 0 Å². The molecular weight excluding hydrogens is 840 g/mol. The summed E-state index contributed by atoms with van der Waals surface area (Å²) in [4.78, 5) is 76.8. The number of anilines is 1. The monoisotopic (exact) mass is 882 g/mol. The summed E-state index contributed by atoms with van der Waals surface area (Å²) in [5.74, 6) is -5.83. The summed E-state index contributed by atoms with van der Waals surface area (Å²) in [5, 5.41) is 99.1. The zero-order chi connectivity index (χ0) is 45.7. The summed E-state index contributed by atoms with van der Waals surface area (Å²) >= 11 is 0. The van der Waals surface area contributed by atoms with Crippen molar-refractivity contribution in [2.45, 2.75) is 99.7 Å². The first-order valence-electron chi connectivity index (χ1n) is 19.4. The number of aliphatic hydroxyl groups excluding tert-OH is 5. The number of carboxylic acids is 1. The Kier molecular flexibility index (Phi) is 12.6. The highest BCUT2D eigenvalue weighted by Crippen LogP contribution is 2.52. The van der Waals surface area contributed by atoms with E-state index in [1.165, 1.54) is 55.5 Å². The first-order valence-corrected chi connectivity index (χ1v) is 19.4. The summed E-state index contributed by atoms with van der Waals surface area (Å²) < 4.78 is 27.1. The average molecular weight is 883 g/mol. The van der Waals surface area contributed by atoms with Crippen LogP contribution in [0.15, 0.2) is 48.5 Å². The van der Waals surface area contributed by atoms with Crippen molar-refractivity contribution >= 4 is 41.2 Å². The number of benzene rings is 3. The van der Waals surface area contributed by atoms with E-state index in [1.807, 2.05) is 0 Å². The highest BCUT2D eigenvalue weighted by Gasteiger charge is 2.51. The van der Waals surface area contributed by atoms with Gasteiger partial charge in [-0.15, -0.1) is 0 Å². The number of aromatic hydroxyl groups is 2. The number of phenolic OH excluding ortho intramolecular Hbond substituents is 2. The number of carbonyl (C=O) groups is 6. The molecule has 63 heavy (non-hydrogen) atoms. The van der Waals surface area contributed by atoms with Crippen molar-refractivity contribution in [3.8, 4) is 11.5 Å². The summed E-state index contributed by atoms with van der Waals surface area (Å²) in [6.45, 7) is 0.0188. The third-order valence-corrected chi connectivity index (χ3v) is 11.4. The number of amides is 2. The minimum absolute atomic E-state index is 0.0334. The van der Waals surface area contributed by atoms with Gasteiger partial charge in [0.05, 0.1) is 29.4 Å². The highest BCUT2D eigenvalue weighted by molar-refractivity contribution is 6.30. The average Bonchev–Trinajstić information content (AvgIpc) is 3.25. The number of aliphatic carboxylic acids is 1. The number of phenols is 2. The van der Waals surface area contributed by atoms with Crippen LogP contribution in [-0.2, 0) is 46.3 Å². The predicted octanol–water partition coefficient (Wildman–Crippen LogP) is -0.599. The molecule has 0 bridgehead atoms. The Bertz CT molecular complexity index is 2340. The molecule has 0 saturated carbocycles. The number of aliphatic hydroxyl groups is 6. The molecule has 3 aromatic carbocycles. The molecule has 2 aliphatic carbocycles. The Balaban J connectivity index is 1.01. The number of hydrogen-bond acceptors (Lipinski definition) is 19. The van der Waals surface area contributed by atoms with Crippen LogP contribution in [0.1, 0.15) is 74.4 Å². The molecule has 2 fully saturated rings. The molecule has 11 unspecified atom stereocenters. The summed E-state index contributed by atoms with van der Waals surface area (Å²) in [5.41, 5.74) is -3.48. The third kappa shape index (κ3) is 8.55. The molecule has 2 heterocycles. The van der Waals surface area contributed by atoms with Crippen LogP contribution in [0.25, 0.3) is 0 Å². The first kappa shape index (κ1) is 45.0. The fourth-order valence-electron chi connectivity index (χ4n) is 8.05. The Morgan fingerprint density at radius 3 is 2.10 bits per heavy atom. The van der Waals surface area contributed by atoms with Crippen molar-refractivity contribution in [1.29, 1.82) is 0 Å². The van der Waals surface area contributed by atoms with E-state index in [0.717, 1.165) is 0 Å². The van der Waals surface area contributed by atoms with Gasteiger partial charge >= 0.3 is 18.2 Å². The molecule has 2 amide bonds. The van der Waals surface area contributed by atoms with Crippen LogP contribution in [0.5, 0.6) is 11.5 Å². The van der Waals surface area contributed by atoms with Crippen molar-refractivity contribution in [3.63, 3.8) is 0 Å². The van der Waals surface area contributed by atoms with E-state index in [0.29, 0.717) is 5.56 Å². The predicted molar refractivity (Wildman–Crippen MR) is 205 cm³/mol. The molecule has 0 aromatic heterocycles. The molecule has 22 nitrogen and oxygen atoms in total. The number of Topliss-reactive ketones (excluding diaryl/α,β-unsaturated/α-hetero) is 1. The zero-order valence-corrected chi connectivity index (χ0v) is 32.9. The first-order chi connectivity index (χ1) is 29.8. The minimum atomic E-state index is -2.39. The van der Waals surface area contributed by atoms with Gasteiger partial charge in [0.25, 0.3) is 0 Å². The fraction of sp³-hybridized carbons (Fsp3) is 0.415. The second kappa shape index (κ2) is 17.6. The van der Waals surface area contributed by atoms with E-state index in [4.69, 9.17) is 28.8 Å². The summed E-state index contributed by atoms with van der Waals surface area (Å²) in [6.07, 6.45) is -18.9. The second-order valence-corrected chi connectivity index (χ2v) is 15.4. The number of alkyl carbamates (subject to hydrolysis) is 1. The lowest BCUT2D eigenvalue weighted by Crippen LogP contribution is -2.60. The van der Waals surface area contributed by atoms with Crippen molar-refractivity contribution < 1.29 is 98.4 Å². The molecule has 3 aromatic rings. The molecule has 2 aliphatic heterocycles. The van der Waals surface area contributed by atoms with Gasteiger partial charge in [-0.2, -0.15) is 0 Å². The van der Waals surface area contributed by atoms with E-state index < -0.39 is 145 Å². The van der Waals surface area contributed by atoms with Gasteiger partial charge in [-0.1, -0.05) is 36.4 Å². The molecule has 0 spiro atoms. The Labute approximate surface area is 355 Å². The van der Waals surface area contributed by atoms with E-state index in [2.05, 4.69) is 10.6 Å². The maximum atomic E-state index is 13.7. The topological polar surface area (TPSA) is 355 Å². The number of fused-ring (bicyclic) bond motifs is 3. The molecule has 11 atom stereocenters. The number of carbonyl (C=O) groups excluding carboxylic acids is 5. The van der Waals surface area contributed by atoms with Crippen LogP contribution in [0.3, 0.4) is 0 Å². The van der Waals surface area contributed by atoms with Gasteiger partial charge in [0.2, 0.25) is 6.29 Å². The fourth-order valence-corrected chi connectivity index (χ4v) is 8.05. The van der Waals surface area contributed by atoms with Gasteiger partial charge in [0.15, 0.2) is 29.7 Å². The van der Waals surface area contributed by atoms with Crippen molar-refractivity contribution in [2.75, 3.05) is 11.9 Å². The second-order valence-electron chi connectivity index (χ2n) is 15.4. The lowest BCUT2D eigenvalue weighted by molar-refractivity contribution is -0.277. The normalized spacial score (nSPS) is 30.0. The van der Waals surface area contributed by atoms with Gasteiger partial charge in [-0.3, -0.25) is 19.7 Å². The van der Waals surface area contributed by atoms with Crippen LogP contribution in [-0.4, -0.2) is 149 Å². The number of carboxylic acid groups (broad SMARTS) is 1. The number of rotatable bonds is 10. The van der Waals surface area contributed by atoms with Gasteiger partial charge in [0.1, 0.15) is 54.7 Å². The van der Waals surface area contributed by atoms with Gasteiger partial charge in [0, 0.05) is 47.2 Å². The Morgan fingerprint density at radius 2 is 1.48 bits per heavy atom. The molecule has 336 valence electrons. The molecule has 2 saturated heterocycles. The molecular formula is C41H42N2O20. The van der Waals surface area contributed by atoms with Crippen LogP contribution in [0.4, 0.5) is 15.3 Å². The van der Waals surface area contributed by atoms with Crippen LogP contribution >= 0.6 is 0 Å². The zero-order valence-electron chi connectivity index (χ0n) is 32.9. The van der Waals surface area contributed by atoms with Crippen molar-refractivity contribution in [1.82, 2.24) is 5.32 Å². The molecule has 0 radical (unpaired) electrons. The number of ether oxygens (including phenoxy) is 5. The number of hydrogen-bond donors (Lipinski definition) is 11. The summed E-state index contributed by atoms with van der Waals surface area (Å²) in [6, 6.07) is 10.3. The van der Waals surface area contributed by atoms with Crippen LogP contribution in [0, 0.1) is 0 Å². The lowest BCUT2D eigenvalue weighted by Gasteiger charge is -2.42. The Morgan fingerprint density at radius 1 is 0.841 bits per heavy atom. The van der Waals surface area contributed by atoms with Crippen LogP contribution in [0.2, 0.25) is 0 Å². The number of ketones is 3. The third-order valence-electron chi connectivity index (χ3n) is 11.4.